The molecule has 10 heteroatoms. The van der Waals surface area contributed by atoms with Gasteiger partial charge in [0, 0.05) is 43.4 Å². The molecule has 0 bridgehead atoms. The number of nitrogens with zero attached hydrogens (tertiary/aromatic N) is 2. The van der Waals surface area contributed by atoms with Gasteiger partial charge in [0.1, 0.15) is 5.69 Å². The number of carbonyl (C=O) groups is 2. The fourth-order valence-corrected chi connectivity index (χ4v) is 3.18. The molecule has 0 saturated heterocycles. The van der Waals surface area contributed by atoms with Crippen LogP contribution in [0.5, 0.6) is 0 Å². The number of fused-ring (bicyclic) bond motifs is 1. The number of nitrogens with one attached hydrogen (secondary N) is 3. The Bertz CT molecular complexity index is 908. The van der Waals surface area contributed by atoms with Gasteiger partial charge in [0.2, 0.25) is 5.88 Å². The Balaban J connectivity index is 1.79. The van der Waals surface area contributed by atoms with Crippen molar-refractivity contribution in [3.05, 3.63) is 52.3 Å². The van der Waals surface area contributed by atoms with E-state index < -0.39 is 12.5 Å². The number of allylic oxidation sites excluding steroid dienone is 2. The van der Waals surface area contributed by atoms with Crippen LogP contribution in [-0.4, -0.2) is 47.3 Å². The number of rotatable bonds is 6. The topological polar surface area (TPSA) is 95.6 Å². The highest BCUT2D eigenvalue weighted by molar-refractivity contribution is 6.03. The molecule has 0 radical (unpaired) electrons. The highest BCUT2D eigenvalue weighted by Gasteiger charge is 2.36. The second-order valence-corrected chi connectivity index (χ2v) is 7.09. The highest BCUT2D eigenvalue weighted by Crippen LogP contribution is 2.29. The molecule has 3 rings (SSSR count). The zero-order valence-electron chi connectivity index (χ0n) is 16.6. The van der Waals surface area contributed by atoms with Crippen LogP contribution in [0, 0.1) is 0 Å². The van der Waals surface area contributed by atoms with E-state index in [2.05, 4.69) is 21.2 Å². The third-order valence-corrected chi connectivity index (χ3v) is 4.76. The lowest BCUT2D eigenvalue weighted by Gasteiger charge is -2.31. The number of amides is 2. The normalized spacial score (nSPS) is 17.2. The summed E-state index contributed by atoms with van der Waals surface area (Å²) in [6.45, 7) is 3.82. The van der Waals surface area contributed by atoms with Crippen molar-refractivity contribution in [3.63, 3.8) is 0 Å². The summed E-state index contributed by atoms with van der Waals surface area (Å²) in [5, 5.41) is 2.53. The van der Waals surface area contributed by atoms with Crippen LogP contribution in [0.2, 0.25) is 0 Å². The summed E-state index contributed by atoms with van der Waals surface area (Å²) in [6, 6.07) is 1.23. The molecule has 2 aliphatic heterocycles. The van der Waals surface area contributed by atoms with Gasteiger partial charge in [0.25, 0.3) is 17.7 Å². The quantitative estimate of drug-likeness (QED) is 0.664. The molecule has 2 aliphatic rings. The third kappa shape index (κ3) is 4.15. The van der Waals surface area contributed by atoms with Crippen molar-refractivity contribution in [1.82, 2.24) is 26.1 Å². The summed E-state index contributed by atoms with van der Waals surface area (Å²) in [4.78, 5) is 30.6. The second-order valence-electron chi connectivity index (χ2n) is 7.09. The number of pyridine rings is 1. The van der Waals surface area contributed by atoms with Crippen LogP contribution in [0.1, 0.15) is 47.2 Å². The van der Waals surface area contributed by atoms with Gasteiger partial charge < -0.3 is 20.4 Å². The molecule has 156 valence electrons. The minimum atomic E-state index is -2.95. The van der Waals surface area contributed by atoms with Gasteiger partial charge in [-0.15, -0.1) is 0 Å². The monoisotopic (exact) mass is 407 g/mol. The first-order valence-corrected chi connectivity index (χ1v) is 9.08. The minimum absolute atomic E-state index is 0.199. The van der Waals surface area contributed by atoms with Crippen molar-refractivity contribution in [2.24, 2.45) is 0 Å². The Kier molecular flexibility index (Phi) is 5.45. The van der Waals surface area contributed by atoms with Crippen molar-refractivity contribution in [2.75, 3.05) is 13.7 Å². The Morgan fingerprint density at radius 2 is 2.17 bits per heavy atom. The van der Waals surface area contributed by atoms with E-state index in [0.29, 0.717) is 22.4 Å². The van der Waals surface area contributed by atoms with Crippen LogP contribution in [0.3, 0.4) is 0 Å². The molecule has 29 heavy (non-hydrogen) atoms. The first-order chi connectivity index (χ1) is 13.6. The third-order valence-electron chi connectivity index (χ3n) is 4.76. The number of carbonyl (C=O) groups excluding carboxylic acids is 2. The maximum Gasteiger partial charge on any atom is 0.278 e. The smallest absolute Gasteiger partial charge is 0.278 e. The molecule has 0 saturated carbocycles. The molecule has 3 heterocycles. The van der Waals surface area contributed by atoms with Crippen molar-refractivity contribution in [3.8, 4) is 0 Å². The van der Waals surface area contributed by atoms with Gasteiger partial charge in [-0.1, -0.05) is 0 Å². The molecule has 3 N–H and O–H groups in total. The Labute approximate surface area is 167 Å². The lowest BCUT2D eigenvalue weighted by Crippen LogP contribution is -2.45. The number of ether oxygens (including phenoxy) is 1. The molecular weight excluding hydrogens is 384 g/mol. The summed E-state index contributed by atoms with van der Waals surface area (Å²) in [5.74, 6) is -3.31. The highest BCUT2D eigenvalue weighted by atomic mass is 19.3. The van der Waals surface area contributed by atoms with E-state index in [4.69, 9.17) is 4.74 Å². The standard InChI is InChI=1S/C19H23F2N5O3/c1-10-7-14(24-25-17(10)29-9-19(3,20)21)11(2)26-8-13-12(18(26)28)5-6-23-15(13)16(27)22-4/h5-7,11,24-25H,8-9H2,1-4H3,(H,22,27). The molecule has 8 nitrogen and oxygen atoms in total. The Hall–Kier alpha value is -3.17. The lowest BCUT2D eigenvalue weighted by atomic mass is 10.1. The number of halogens is 2. The fourth-order valence-electron chi connectivity index (χ4n) is 3.18. The average Bonchev–Trinajstić information content (AvgIpc) is 3.02. The van der Waals surface area contributed by atoms with Gasteiger partial charge in [0.15, 0.2) is 6.61 Å². The zero-order chi connectivity index (χ0) is 21.3. The van der Waals surface area contributed by atoms with Crippen LogP contribution in [-0.2, 0) is 11.3 Å². The summed E-state index contributed by atoms with van der Waals surface area (Å²) >= 11 is 0. The molecule has 0 fully saturated rings. The van der Waals surface area contributed by atoms with Crippen molar-refractivity contribution < 1.29 is 23.1 Å². The average molecular weight is 407 g/mol. The van der Waals surface area contributed by atoms with E-state index in [1.807, 2.05) is 6.92 Å². The van der Waals surface area contributed by atoms with E-state index in [1.165, 1.54) is 13.2 Å². The summed E-state index contributed by atoms with van der Waals surface area (Å²) in [7, 11) is 1.51. The molecule has 0 spiro atoms. The van der Waals surface area contributed by atoms with Gasteiger partial charge >= 0.3 is 0 Å². The van der Waals surface area contributed by atoms with E-state index in [9.17, 15) is 18.4 Å². The predicted octanol–water partition coefficient (Wildman–Crippen LogP) is 1.68. The van der Waals surface area contributed by atoms with Gasteiger partial charge in [-0.2, -0.15) is 0 Å². The molecular formula is C19H23F2N5O3. The van der Waals surface area contributed by atoms with Gasteiger partial charge in [-0.3, -0.25) is 20.0 Å². The Morgan fingerprint density at radius 3 is 2.79 bits per heavy atom. The maximum atomic E-state index is 13.0. The number of hydrazine groups is 1. The summed E-state index contributed by atoms with van der Waals surface area (Å²) < 4.78 is 31.1. The van der Waals surface area contributed by atoms with Gasteiger partial charge in [0.05, 0.1) is 11.7 Å². The molecule has 0 aliphatic carbocycles. The minimum Gasteiger partial charge on any atom is -0.471 e. The SMILES string of the molecule is CNC(=O)c1nccc2c1CN(C(C)C1=CC(C)=C(OCC(C)(F)F)NN1)C2=O. The van der Waals surface area contributed by atoms with Crippen LogP contribution in [0.4, 0.5) is 8.78 Å². The number of alkyl halides is 2. The number of hydrogen-bond acceptors (Lipinski definition) is 6. The second kappa shape index (κ2) is 7.69. The van der Waals surface area contributed by atoms with Gasteiger partial charge in [-0.05, 0) is 26.0 Å². The van der Waals surface area contributed by atoms with Crippen molar-refractivity contribution in [1.29, 1.82) is 0 Å². The summed E-state index contributed by atoms with van der Waals surface area (Å²) in [5.41, 5.74) is 8.19. The molecule has 1 unspecified atom stereocenters. The van der Waals surface area contributed by atoms with Crippen LogP contribution >= 0.6 is 0 Å². The van der Waals surface area contributed by atoms with E-state index in [0.717, 1.165) is 6.92 Å². The lowest BCUT2D eigenvalue weighted by molar-refractivity contribution is -0.0484. The van der Waals surface area contributed by atoms with E-state index >= 15 is 0 Å². The van der Waals surface area contributed by atoms with Crippen molar-refractivity contribution in [2.45, 2.75) is 39.3 Å². The van der Waals surface area contributed by atoms with Crippen LogP contribution in [0.15, 0.2) is 35.5 Å². The molecule has 1 atom stereocenters. The number of aromatic nitrogens is 1. The maximum absolute atomic E-state index is 13.0. The van der Waals surface area contributed by atoms with E-state index in [1.54, 1.807) is 24.0 Å². The fraction of sp³-hybridized carbons (Fsp3) is 0.421. The molecule has 0 aromatic carbocycles. The van der Waals surface area contributed by atoms with E-state index in [-0.39, 0.29) is 36.0 Å². The van der Waals surface area contributed by atoms with Gasteiger partial charge in [-0.25, -0.2) is 8.78 Å². The number of hydrogen-bond donors (Lipinski definition) is 3. The first kappa shape index (κ1) is 20.6. The largest absolute Gasteiger partial charge is 0.471 e. The van der Waals surface area contributed by atoms with Crippen LogP contribution < -0.4 is 16.2 Å². The van der Waals surface area contributed by atoms with Crippen molar-refractivity contribution >= 4 is 11.8 Å². The molecule has 2 amide bonds. The molecule has 1 aromatic heterocycles. The summed E-state index contributed by atoms with van der Waals surface area (Å²) in [6.07, 6.45) is 3.17. The predicted molar refractivity (Wildman–Crippen MR) is 101 cm³/mol. The first-order valence-electron chi connectivity index (χ1n) is 9.08. The molecule has 1 aromatic rings. The zero-order valence-corrected chi connectivity index (χ0v) is 16.6. The Morgan fingerprint density at radius 1 is 1.45 bits per heavy atom. The van der Waals surface area contributed by atoms with Crippen LogP contribution in [0.25, 0.3) is 0 Å².